The van der Waals surface area contributed by atoms with Crippen LogP contribution < -0.4 is 0 Å². The minimum absolute atomic E-state index is 0.103. The molecule has 1 heterocycles. The maximum atomic E-state index is 12.5. The van der Waals surface area contributed by atoms with Gasteiger partial charge in [-0.3, -0.25) is 8.89 Å². The summed E-state index contributed by atoms with van der Waals surface area (Å²) in [6, 6.07) is 5.76. The van der Waals surface area contributed by atoms with E-state index in [9.17, 15) is 9.00 Å². The first-order valence-electron chi connectivity index (χ1n) is 6.10. The van der Waals surface area contributed by atoms with Crippen LogP contribution in [0, 0.1) is 13.8 Å². The molecule has 20 heavy (non-hydrogen) atoms. The van der Waals surface area contributed by atoms with E-state index in [1.54, 1.807) is 7.05 Å². The summed E-state index contributed by atoms with van der Waals surface area (Å²) >= 11 is 0. The zero-order valence-electron chi connectivity index (χ0n) is 11.6. The van der Waals surface area contributed by atoms with Gasteiger partial charge in [-0.25, -0.2) is 4.79 Å². The van der Waals surface area contributed by atoms with Gasteiger partial charge in [0.2, 0.25) is 0 Å². The highest BCUT2D eigenvalue weighted by atomic mass is 32.2. The molecule has 2 rings (SSSR count). The summed E-state index contributed by atoms with van der Waals surface area (Å²) in [5.74, 6) is -0.909. The number of carboxylic acid groups (broad SMARTS) is 1. The molecule has 1 N–H and O–H groups in total. The van der Waals surface area contributed by atoms with Gasteiger partial charge in [0, 0.05) is 11.9 Å². The maximum Gasteiger partial charge on any atom is 0.339 e. The summed E-state index contributed by atoms with van der Waals surface area (Å²) in [6.45, 7) is 3.83. The van der Waals surface area contributed by atoms with E-state index in [4.69, 9.17) is 5.11 Å². The number of aryl methyl sites for hydroxylation is 3. The molecule has 0 saturated carbocycles. The number of nitrogens with zero attached hydrogens (tertiary/aromatic N) is 2. The average Bonchev–Trinajstić information content (AvgIpc) is 2.74. The van der Waals surface area contributed by atoms with Crippen LogP contribution in [-0.4, -0.2) is 25.1 Å². The van der Waals surface area contributed by atoms with E-state index in [0.29, 0.717) is 5.69 Å². The highest BCUT2D eigenvalue weighted by molar-refractivity contribution is 7.84. The molecule has 0 saturated heterocycles. The Labute approximate surface area is 119 Å². The molecule has 106 valence electrons. The van der Waals surface area contributed by atoms with Crippen molar-refractivity contribution in [2.75, 3.05) is 0 Å². The molecule has 6 heteroatoms. The molecule has 1 aromatic carbocycles. The summed E-state index contributed by atoms with van der Waals surface area (Å²) < 4.78 is 14.0. The van der Waals surface area contributed by atoms with E-state index < -0.39 is 16.8 Å². The van der Waals surface area contributed by atoms with E-state index in [0.717, 1.165) is 16.0 Å². The lowest BCUT2D eigenvalue weighted by atomic mass is 10.2. The Morgan fingerprint density at radius 2 is 2.10 bits per heavy atom. The van der Waals surface area contributed by atoms with Gasteiger partial charge < -0.3 is 5.11 Å². The summed E-state index contributed by atoms with van der Waals surface area (Å²) in [5, 5.41) is 13.0. The fourth-order valence-corrected chi connectivity index (χ4v) is 3.46. The third-order valence-corrected chi connectivity index (χ3v) is 4.61. The SMILES string of the molecule is Cc1ccc(C)c(S(=O)Cc2c(C(=O)O)cnn2C)c1. The first-order valence-corrected chi connectivity index (χ1v) is 7.42. The van der Waals surface area contributed by atoms with Crippen molar-refractivity contribution < 1.29 is 14.1 Å². The largest absolute Gasteiger partial charge is 0.478 e. The van der Waals surface area contributed by atoms with E-state index in [1.165, 1.54) is 10.9 Å². The number of aromatic carboxylic acids is 1. The standard InChI is InChI=1S/C14H16N2O3S/c1-9-4-5-10(2)13(6-9)20(19)8-12-11(14(17)18)7-15-16(12)3/h4-7H,8H2,1-3H3,(H,17,18). The number of carboxylic acids is 1. The smallest absolute Gasteiger partial charge is 0.339 e. The molecule has 1 unspecified atom stereocenters. The molecule has 0 bridgehead atoms. The zero-order chi connectivity index (χ0) is 14.9. The summed E-state index contributed by atoms with van der Waals surface area (Å²) in [5.41, 5.74) is 2.54. The Balaban J connectivity index is 2.35. The molecule has 0 amide bonds. The lowest BCUT2D eigenvalue weighted by Crippen LogP contribution is -2.09. The number of hydrogen-bond donors (Lipinski definition) is 1. The van der Waals surface area contributed by atoms with Crippen molar-refractivity contribution in [3.05, 3.63) is 46.8 Å². The first-order chi connectivity index (χ1) is 9.40. The Morgan fingerprint density at radius 3 is 2.75 bits per heavy atom. The van der Waals surface area contributed by atoms with Gasteiger partial charge in [0.25, 0.3) is 0 Å². The van der Waals surface area contributed by atoms with Crippen LogP contribution in [-0.2, 0) is 23.6 Å². The highest BCUT2D eigenvalue weighted by Gasteiger charge is 2.18. The predicted molar refractivity (Wildman–Crippen MR) is 76.2 cm³/mol. The second kappa shape index (κ2) is 5.58. The van der Waals surface area contributed by atoms with Crippen molar-refractivity contribution in [1.82, 2.24) is 9.78 Å². The van der Waals surface area contributed by atoms with Crippen LogP contribution in [0.2, 0.25) is 0 Å². The fourth-order valence-electron chi connectivity index (χ4n) is 1.97. The van der Waals surface area contributed by atoms with Gasteiger partial charge in [-0.05, 0) is 31.0 Å². The van der Waals surface area contributed by atoms with Gasteiger partial charge in [0.05, 0.1) is 28.4 Å². The lowest BCUT2D eigenvalue weighted by Gasteiger charge is -2.08. The lowest BCUT2D eigenvalue weighted by molar-refractivity contribution is 0.0696. The number of carbonyl (C=O) groups is 1. The van der Waals surface area contributed by atoms with E-state index in [2.05, 4.69) is 5.10 Å². The molecule has 1 atom stereocenters. The monoisotopic (exact) mass is 292 g/mol. The molecule has 1 aromatic heterocycles. The fraction of sp³-hybridized carbons (Fsp3) is 0.286. The molecule has 0 radical (unpaired) electrons. The molecule has 5 nitrogen and oxygen atoms in total. The number of benzene rings is 1. The molecule has 2 aromatic rings. The van der Waals surface area contributed by atoms with Crippen molar-refractivity contribution in [2.24, 2.45) is 7.05 Å². The average molecular weight is 292 g/mol. The van der Waals surface area contributed by atoms with Gasteiger partial charge in [0.1, 0.15) is 5.56 Å². The first kappa shape index (κ1) is 14.5. The Kier molecular flexibility index (Phi) is 4.04. The maximum absolute atomic E-state index is 12.5. The topological polar surface area (TPSA) is 72.2 Å². The van der Waals surface area contributed by atoms with Crippen molar-refractivity contribution in [1.29, 1.82) is 0 Å². The molecular weight excluding hydrogens is 276 g/mol. The third-order valence-electron chi connectivity index (χ3n) is 3.15. The van der Waals surface area contributed by atoms with Gasteiger partial charge in [0.15, 0.2) is 0 Å². The number of rotatable bonds is 4. The van der Waals surface area contributed by atoms with Crippen molar-refractivity contribution in [3.8, 4) is 0 Å². The van der Waals surface area contributed by atoms with Crippen LogP contribution in [0.1, 0.15) is 27.2 Å². The minimum Gasteiger partial charge on any atom is -0.478 e. The van der Waals surface area contributed by atoms with Gasteiger partial charge in [-0.2, -0.15) is 5.10 Å². The molecule has 0 spiro atoms. The van der Waals surface area contributed by atoms with Crippen LogP contribution in [0.3, 0.4) is 0 Å². The Hall–Kier alpha value is -1.95. The summed E-state index contributed by atoms with van der Waals surface area (Å²) in [7, 11) is 0.359. The molecule has 0 aliphatic rings. The summed E-state index contributed by atoms with van der Waals surface area (Å²) in [4.78, 5) is 11.9. The van der Waals surface area contributed by atoms with Crippen LogP contribution in [0.15, 0.2) is 29.3 Å². The Morgan fingerprint density at radius 1 is 1.40 bits per heavy atom. The quantitative estimate of drug-likeness (QED) is 0.936. The minimum atomic E-state index is -1.30. The second-order valence-corrected chi connectivity index (χ2v) is 6.11. The van der Waals surface area contributed by atoms with Gasteiger partial charge in [-0.1, -0.05) is 12.1 Å². The Bertz CT molecular complexity index is 692. The van der Waals surface area contributed by atoms with Crippen LogP contribution in [0.25, 0.3) is 0 Å². The molecule has 0 fully saturated rings. The van der Waals surface area contributed by atoms with Gasteiger partial charge in [-0.15, -0.1) is 0 Å². The van der Waals surface area contributed by atoms with Crippen molar-refractivity contribution in [2.45, 2.75) is 24.5 Å². The molecular formula is C14H16N2O3S. The normalized spacial score (nSPS) is 12.3. The van der Waals surface area contributed by atoms with Crippen molar-refractivity contribution >= 4 is 16.8 Å². The van der Waals surface area contributed by atoms with E-state index in [-0.39, 0.29) is 11.3 Å². The molecule has 0 aliphatic heterocycles. The van der Waals surface area contributed by atoms with Crippen LogP contribution in [0.4, 0.5) is 0 Å². The van der Waals surface area contributed by atoms with Crippen LogP contribution in [0.5, 0.6) is 0 Å². The predicted octanol–water partition coefficient (Wildman–Crippen LogP) is 2.04. The van der Waals surface area contributed by atoms with E-state index >= 15 is 0 Å². The van der Waals surface area contributed by atoms with Crippen LogP contribution >= 0.6 is 0 Å². The molecule has 0 aliphatic carbocycles. The zero-order valence-corrected chi connectivity index (χ0v) is 12.4. The highest BCUT2D eigenvalue weighted by Crippen LogP contribution is 2.19. The van der Waals surface area contributed by atoms with Crippen molar-refractivity contribution in [3.63, 3.8) is 0 Å². The third kappa shape index (κ3) is 2.80. The summed E-state index contributed by atoms with van der Waals surface area (Å²) in [6.07, 6.45) is 1.29. The number of hydrogen-bond acceptors (Lipinski definition) is 3. The van der Waals surface area contributed by atoms with E-state index in [1.807, 2.05) is 32.0 Å². The number of aromatic nitrogens is 2. The van der Waals surface area contributed by atoms with Gasteiger partial charge >= 0.3 is 5.97 Å². The second-order valence-electron chi connectivity index (χ2n) is 4.69.